The van der Waals surface area contributed by atoms with Crippen LogP contribution in [0.5, 0.6) is 0 Å². The Morgan fingerprint density at radius 3 is 2.79 bits per heavy atom. The van der Waals surface area contributed by atoms with Crippen LogP contribution >= 0.6 is 11.8 Å². The Morgan fingerprint density at radius 2 is 2.21 bits per heavy atom. The van der Waals surface area contributed by atoms with Crippen molar-refractivity contribution in [2.45, 2.75) is 12.1 Å². The summed E-state index contributed by atoms with van der Waals surface area (Å²) >= 11 is -0.00194. The molecule has 0 fully saturated rings. The number of hydrogen-bond acceptors (Lipinski definition) is 2. The van der Waals surface area contributed by atoms with E-state index in [0.29, 0.717) is 13.1 Å². The van der Waals surface area contributed by atoms with Gasteiger partial charge in [-0.1, -0.05) is 0 Å². The number of alkyl halides is 3. The van der Waals surface area contributed by atoms with Crippen molar-refractivity contribution in [3.63, 3.8) is 0 Å². The lowest BCUT2D eigenvalue weighted by molar-refractivity contribution is -0.0327. The molecule has 0 saturated carbocycles. The van der Waals surface area contributed by atoms with Crippen LogP contribution in [0.25, 0.3) is 0 Å². The molecule has 1 aromatic heterocycles. The van der Waals surface area contributed by atoms with E-state index in [2.05, 4.69) is 10.3 Å². The Morgan fingerprint density at radius 1 is 1.43 bits per heavy atom. The van der Waals surface area contributed by atoms with Gasteiger partial charge in [-0.05, 0) is 23.9 Å². The molecule has 0 aliphatic heterocycles. The maximum absolute atomic E-state index is 11.7. The molecule has 2 nitrogen and oxygen atoms in total. The normalized spacial score (nSPS) is 11.9. The average molecular weight is 224 g/mol. The van der Waals surface area contributed by atoms with Crippen molar-refractivity contribution in [2.24, 2.45) is 0 Å². The Hall–Kier alpha value is -0.620. The first-order valence-corrected chi connectivity index (χ1v) is 5.10. The SMILES string of the molecule is FC(F)(F)SCCNCc1ccc[nH]1. The molecule has 1 heterocycles. The monoisotopic (exact) mass is 224 g/mol. The van der Waals surface area contributed by atoms with Gasteiger partial charge in [0.05, 0.1) is 0 Å². The fraction of sp³-hybridized carbons (Fsp3) is 0.500. The second-order valence-electron chi connectivity index (χ2n) is 2.67. The third kappa shape index (κ3) is 5.18. The Bertz CT molecular complexity index is 246. The van der Waals surface area contributed by atoms with Crippen LogP contribution in [0, 0.1) is 0 Å². The lowest BCUT2D eigenvalue weighted by Crippen LogP contribution is -2.18. The number of rotatable bonds is 5. The molecule has 1 rings (SSSR count). The van der Waals surface area contributed by atoms with Crippen LogP contribution in [0.1, 0.15) is 5.69 Å². The minimum Gasteiger partial charge on any atom is -0.364 e. The van der Waals surface area contributed by atoms with E-state index < -0.39 is 5.51 Å². The summed E-state index contributed by atoms with van der Waals surface area (Å²) < 4.78 is 35.1. The van der Waals surface area contributed by atoms with E-state index >= 15 is 0 Å². The highest BCUT2D eigenvalue weighted by Gasteiger charge is 2.27. The molecule has 1 aromatic rings. The van der Waals surface area contributed by atoms with Crippen molar-refractivity contribution in [1.29, 1.82) is 0 Å². The lowest BCUT2D eigenvalue weighted by Gasteiger charge is -2.05. The summed E-state index contributed by atoms with van der Waals surface area (Å²) in [7, 11) is 0. The van der Waals surface area contributed by atoms with Gasteiger partial charge in [-0.15, -0.1) is 0 Å². The fourth-order valence-corrected chi connectivity index (χ4v) is 1.42. The second-order valence-corrected chi connectivity index (χ2v) is 3.83. The number of nitrogens with one attached hydrogen (secondary N) is 2. The molecule has 0 bridgehead atoms. The van der Waals surface area contributed by atoms with Crippen molar-refractivity contribution < 1.29 is 13.2 Å². The van der Waals surface area contributed by atoms with Gasteiger partial charge in [0.25, 0.3) is 0 Å². The van der Waals surface area contributed by atoms with Gasteiger partial charge in [0.15, 0.2) is 0 Å². The van der Waals surface area contributed by atoms with Crippen LogP contribution in [-0.2, 0) is 6.54 Å². The third-order valence-electron chi connectivity index (χ3n) is 1.52. The molecule has 0 spiro atoms. The van der Waals surface area contributed by atoms with Crippen LogP contribution in [0.3, 0.4) is 0 Å². The molecule has 0 aliphatic rings. The first kappa shape index (κ1) is 11.5. The Balaban J connectivity index is 2.00. The van der Waals surface area contributed by atoms with E-state index in [4.69, 9.17) is 0 Å². The largest absolute Gasteiger partial charge is 0.441 e. The molecule has 6 heteroatoms. The number of halogens is 3. The minimum absolute atomic E-state index is 0.00194. The lowest BCUT2D eigenvalue weighted by atomic mass is 10.4. The molecule has 14 heavy (non-hydrogen) atoms. The highest BCUT2D eigenvalue weighted by atomic mass is 32.2. The zero-order valence-corrected chi connectivity index (χ0v) is 8.21. The number of aromatic amines is 1. The molecule has 0 aromatic carbocycles. The van der Waals surface area contributed by atoms with E-state index in [1.54, 1.807) is 6.20 Å². The maximum atomic E-state index is 11.7. The predicted octanol–water partition coefficient (Wildman–Crippen LogP) is 2.36. The third-order valence-corrected chi connectivity index (χ3v) is 2.26. The average Bonchev–Trinajstić information content (AvgIpc) is 2.54. The first-order valence-electron chi connectivity index (χ1n) is 4.11. The van der Waals surface area contributed by atoms with E-state index in [0.717, 1.165) is 5.69 Å². The molecule has 0 amide bonds. The molecular weight excluding hydrogens is 213 g/mol. The summed E-state index contributed by atoms with van der Waals surface area (Å²) in [5.74, 6) is 0.0458. The van der Waals surface area contributed by atoms with E-state index in [1.165, 1.54) is 0 Å². The zero-order chi connectivity index (χ0) is 10.4. The molecule has 80 valence electrons. The molecule has 0 unspecified atom stereocenters. The van der Waals surface area contributed by atoms with Gasteiger partial charge in [-0.25, -0.2) is 0 Å². The first-order chi connectivity index (χ1) is 6.58. The van der Waals surface area contributed by atoms with Crippen LogP contribution in [0.4, 0.5) is 13.2 Å². The zero-order valence-electron chi connectivity index (χ0n) is 7.40. The van der Waals surface area contributed by atoms with Crippen molar-refractivity contribution in [3.8, 4) is 0 Å². The molecule has 0 aliphatic carbocycles. The summed E-state index contributed by atoms with van der Waals surface area (Å²) in [6.07, 6.45) is 1.78. The maximum Gasteiger partial charge on any atom is 0.441 e. The topological polar surface area (TPSA) is 27.8 Å². The van der Waals surface area contributed by atoms with Gasteiger partial charge >= 0.3 is 5.51 Å². The highest BCUT2D eigenvalue weighted by Crippen LogP contribution is 2.29. The smallest absolute Gasteiger partial charge is 0.364 e. The van der Waals surface area contributed by atoms with Crippen LogP contribution in [0.2, 0.25) is 0 Å². The summed E-state index contributed by atoms with van der Waals surface area (Å²) in [4.78, 5) is 2.95. The van der Waals surface area contributed by atoms with Crippen molar-refractivity contribution >= 4 is 11.8 Å². The van der Waals surface area contributed by atoms with Gasteiger partial charge in [0.1, 0.15) is 0 Å². The molecular formula is C8H11F3N2S. The quantitative estimate of drug-likeness (QED) is 0.751. The summed E-state index contributed by atoms with van der Waals surface area (Å²) in [5, 5.41) is 2.91. The van der Waals surface area contributed by atoms with Crippen molar-refractivity contribution in [2.75, 3.05) is 12.3 Å². The molecule has 0 radical (unpaired) electrons. The molecule has 0 atom stereocenters. The van der Waals surface area contributed by atoms with Gasteiger partial charge in [0.2, 0.25) is 0 Å². The summed E-state index contributed by atoms with van der Waals surface area (Å²) in [6.45, 7) is 0.925. The standard InChI is InChI=1S/C8H11F3N2S/c9-8(10,11)14-5-4-12-6-7-2-1-3-13-7/h1-3,12-13H,4-6H2. The minimum atomic E-state index is -4.12. The summed E-state index contributed by atoms with van der Waals surface area (Å²) in [6, 6.07) is 3.73. The number of thioether (sulfide) groups is 1. The van der Waals surface area contributed by atoms with Gasteiger partial charge in [-0.2, -0.15) is 13.2 Å². The van der Waals surface area contributed by atoms with Gasteiger partial charge < -0.3 is 10.3 Å². The number of aromatic nitrogens is 1. The second kappa shape index (κ2) is 5.31. The van der Waals surface area contributed by atoms with E-state index in [9.17, 15) is 13.2 Å². The van der Waals surface area contributed by atoms with Crippen molar-refractivity contribution in [3.05, 3.63) is 24.0 Å². The fourth-order valence-electron chi connectivity index (χ4n) is 0.939. The van der Waals surface area contributed by atoms with E-state index in [-0.39, 0.29) is 17.5 Å². The predicted molar refractivity (Wildman–Crippen MR) is 51.0 cm³/mol. The summed E-state index contributed by atoms with van der Waals surface area (Å²) in [5.41, 5.74) is -3.14. The molecule has 2 N–H and O–H groups in total. The molecule has 0 saturated heterocycles. The van der Waals surface area contributed by atoms with Crippen LogP contribution in [0.15, 0.2) is 18.3 Å². The van der Waals surface area contributed by atoms with E-state index in [1.807, 2.05) is 12.1 Å². The van der Waals surface area contributed by atoms with Gasteiger partial charge in [-0.3, -0.25) is 0 Å². The highest BCUT2D eigenvalue weighted by molar-refractivity contribution is 8.00. The Labute approximate surface area is 84.3 Å². The number of H-pyrrole nitrogens is 1. The Kier molecular flexibility index (Phi) is 4.34. The number of hydrogen-bond donors (Lipinski definition) is 2. The van der Waals surface area contributed by atoms with Gasteiger partial charge in [0, 0.05) is 30.7 Å². The van der Waals surface area contributed by atoms with Crippen LogP contribution < -0.4 is 5.32 Å². The van der Waals surface area contributed by atoms with Crippen molar-refractivity contribution in [1.82, 2.24) is 10.3 Å². The van der Waals surface area contributed by atoms with Crippen LogP contribution in [-0.4, -0.2) is 22.8 Å².